The minimum atomic E-state index is -1.02. The van der Waals surface area contributed by atoms with Gasteiger partial charge < -0.3 is 25.2 Å². The Morgan fingerprint density at radius 3 is 2.06 bits per heavy atom. The van der Waals surface area contributed by atoms with E-state index in [0.717, 1.165) is 17.5 Å². The molecule has 1 aliphatic rings. The number of aromatic carboxylic acids is 1. The third-order valence-corrected chi connectivity index (χ3v) is 4.68. The van der Waals surface area contributed by atoms with Gasteiger partial charge in [0.25, 0.3) is 11.8 Å². The summed E-state index contributed by atoms with van der Waals surface area (Å²) in [6.45, 7) is 0.590. The van der Waals surface area contributed by atoms with Crippen molar-refractivity contribution in [1.29, 1.82) is 0 Å². The Bertz CT molecular complexity index is 1180. The van der Waals surface area contributed by atoms with E-state index in [-0.39, 0.29) is 36.8 Å². The van der Waals surface area contributed by atoms with Gasteiger partial charge in [-0.05, 0) is 35.4 Å². The van der Waals surface area contributed by atoms with Crippen LogP contribution in [0.5, 0.6) is 11.5 Å². The number of aromatic nitrogens is 2. The molecule has 0 spiro atoms. The Morgan fingerprint density at radius 2 is 1.41 bits per heavy atom. The molecule has 162 valence electrons. The Labute approximate surface area is 182 Å². The number of hydrogen-bond acceptors (Lipinski definition) is 7. The van der Waals surface area contributed by atoms with E-state index in [2.05, 4.69) is 20.6 Å². The zero-order valence-corrected chi connectivity index (χ0v) is 16.7. The van der Waals surface area contributed by atoms with Crippen LogP contribution >= 0.6 is 0 Å². The lowest BCUT2D eigenvalue weighted by Crippen LogP contribution is -2.27. The number of carboxylic acid groups (broad SMARTS) is 1. The molecular formula is C22H18N4O6. The first-order valence-electron chi connectivity index (χ1n) is 9.59. The number of amides is 2. The van der Waals surface area contributed by atoms with Crippen LogP contribution in [0.4, 0.5) is 0 Å². The van der Waals surface area contributed by atoms with Gasteiger partial charge in [0.15, 0.2) is 11.5 Å². The molecule has 0 saturated heterocycles. The highest BCUT2D eigenvalue weighted by Gasteiger charge is 2.15. The number of nitrogens with one attached hydrogen (secondary N) is 2. The number of fused-ring (bicyclic) bond motifs is 1. The van der Waals surface area contributed by atoms with Gasteiger partial charge in [0.05, 0.1) is 5.56 Å². The van der Waals surface area contributed by atoms with Crippen molar-refractivity contribution in [3.63, 3.8) is 0 Å². The molecule has 0 unspecified atom stereocenters. The Kier molecular flexibility index (Phi) is 5.93. The Balaban J connectivity index is 1.34. The minimum Gasteiger partial charge on any atom is -0.478 e. The zero-order chi connectivity index (χ0) is 22.5. The molecular weight excluding hydrogens is 416 g/mol. The van der Waals surface area contributed by atoms with E-state index in [4.69, 9.17) is 14.6 Å². The van der Waals surface area contributed by atoms with E-state index in [0.29, 0.717) is 11.5 Å². The lowest BCUT2D eigenvalue weighted by Gasteiger charge is -2.08. The van der Waals surface area contributed by atoms with Crippen molar-refractivity contribution in [1.82, 2.24) is 20.6 Å². The summed E-state index contributed by atoms with van der Waals surface area (Å²) in [6.07, 6.45) is 1.14. The van der Waals surface area contributed by atoms with Crippen molar-refractivity contribution in [3.8, 4) is 11.5 Å². The quantitative estimate of drug-likeness (QED) is 0.511. The van der Waals surface area contributed by atoms with Gasteiger partial charge in [-0.25, -0.2) is 14.8 Å². The van der Waals surface area contributed by atoms with E-state index in [1.165, 1.54) is 18.2 Å². The second-order valence-electron chi connectivity index (χ2n) is 6.84. The van der Waals surface area contributed by atoms with Crippen LogP contribution in [0.3, 0.4) is 0 Å². The fraction of sp³-hybridized carbons (Fsp3) is 0.136. The first-order valence-corrected chi connectivity index (χ1v) is 9.59. The SMILES string of the molecule is O=C(O)c1ccc(CNC(=O)c2cc(C(=O)NCc3ccc4c(c3)OCO4)ncn2)cc1. The maximum Gasteiger partial charge on any atom is 0.335 e. The Hall–Kier alpha value is -4.47. The number of carbonyl (C=O) groups is 3. The fourth-order valence-electron chi connectivity index (χ4n) is 2.97. The maximum atomic E-state index is 12.5. The first-order chi connectivity index (χ1) is 15.5. The molecule has 3 aromatic rings. The normalized spacial score (nSPS) is 11.6. The van der Waals surface area contributed by atoms with Crippen molar-refractivity contribution in [2.45, 2.75) is 13.1 Å². The summed E-state index contributed by atoms with van der Waals surface area (Å²) >= 11 is 0. The topological polar surface area (TPSA) is 140 Å². The van der Waals surface area contributed by atoms with Gasteiger partial charge in [0, 0.05) is 19.2 Å². The van der Waals surface area contributed by atoms with Crippen LogP contribution in [-0.2, 0) is 13.1 Å². The van der Waals surface area contributed by atoms with Crippen LogP contribution < -0.4 is 20.1 Å². The summed E-state index contributed by atoms with van der Waals surface area (Å²) in [5.41, 5.74) is 1.79. The number of carbonyl (C=O) groups excluding carboxylic acids is 2. The average molecular weight is 434 g/mol. The smallest absolute Gasteiger partial charge is 0.335 e. The lowest BCUT2D eigenvalue weighted by atomic mass is 10.1. The number of carboxylic acids is 1. The second-order valence-corrected chi connectivity index (χ2v) is 6.84. The predicted octanol–water partition coefficient (Wildman–Crippen LogP) is 1.76. The van der Waals surface area contributed by atoms with Crippen LogP contribution in [0, 0.1) is 0 Å². The minimum absolute atomic E-state index is 0.0374. The van der Waals surface area contributed by atoms with Gasteiger partial charge in [-0.1, -0.05) is 18.2 Å². The van der Waals surface area contributed by atoms with E-state index in [1.807, 2.05) is 6.07 Å². The van der Waals surface area contributed by atoms with Crippen molar-refractivity contribution in [3.05, 3.63) is 82.9 Å². The van der Waals surface area contributed by atoms with Crippen molar-refractivity contribution < 1.29 is 29.0 Å². The summed E-state index contributed by atoms with van der Waals surface area (Å²) in [5, 5.41) is 14.3. The van der Waals surface area contributed by atoms with Crippen LogP contribution in [0.1, 0.15) is 42.5 Å². The summed E-state index contributed by atoms with van der Waals surface area (Å²) in [7, 11) is 0. The molecule has 4 rings (SSSR count). The molecule has 2 aromatic carbocycles. The fourth-order valence-corrected chi connectivity index (χ4v) is 2.97. The second kappa shape index (κ2) is 9.13. The average Bonchev–Trinajstić information content (AvgIpc) is 3.29. The molecule has 3 N–H and O–H groups in total. The van der Waals surface area contributed by atoms with Gasteiger partial charge in [-0.15, -0.1) is 0 Å². The highest BCUT2D eigenvalue weighted by molar-refractivity contribution is 5.97. The van der Waals surface area contributed by atoms with E-state index < -0.39 is 17.8 Å². The molecule has 0 saturated carbocycles. The number of nitrogens with zero attached hydrogens (tertiary/aromatic N) is 2. The molecule has 2 amide bonds. The summed E-state index contributed by atoms with van der Waals surface area (Å²) < 4.78 is 10.6. The molecule has 32 heavy (non-hydrogen) atoms. The van der Waals surface area contributed by atoms with Gasteiger partial charge in [0.1, 0.15) is 17.7 Å². The third-order valence-electron chi connectivity index (χ3n) is 4.68. The van der Waals surface area contributed by atoms with Crippen molar-refractivity contribution >= 4 is 17.8 Å². The van der Waals surface area contributed by atoms with E-state index >= 15 is 0 Å². The van der Waals surface area contributed by atoms with Gasteiger partial charge in [0.2, 0.25) is 6.79 Å². The molecule has 0 radical (unpaired) electrons. The Morgan fingerprint density at radius 1 is 0.812 bits per heavy atom. The van der Waals surface area contributed by atoms with Crippen LogP contribution in [-0.4, -0.2) is 39.7 Å². The number of benzene rings is 2. The molecule has 0 aliphatic carbocycles. The van der Waals surface area contributed by atoms with Gasteiger partial charge >= 0.3 is 5.97 Å². The molecule has 0 atom stereocenters. The first kappa shape index (κ1) is 20.8. The predicted molar refractivity (Wildman–Crippen MR) is 110 cm³/mol. The number of hydrogen-bond donors (Lipinski definition) is 3. The van der Waals surface area contributed by atoms with Gasteiger partial charge in [-0.2, -0.15) is 0 Å². The van der Waals surface area contributed by atoms with E-state index in [9.17, 15) is 14.4 Å². The monoisotopic (exact) mass is 434 g/mol. The summed E-state index contributed by atoms with van der Waals surface area (Å²) in [6, 6.07) is 12.8. The third kappa shape index (κ3) is 4.81. The van der Waals surface area contributed by atoms with E-state index in [1.54, 1.807) is 24.3 Å². The molecule has 10 nitrogen and oxygen atoms in total. The number of rotatable bonds is 7. The molecule has 1 aromatic heterocycles. The molecule has 0 bridgehead atoms. The van der Waals surface area contributed by atoms with Crippen LogP contribution in [0.15, 0.2) is 54.9 Å². The highest BCUT2D eigenvalue weighted by Crippen LogP contribution is 2.32. The lowest BCUT2D eigenvalue weighted by molar-refractivity contribution is 0.0696. The zero-order valence-electron chi connectivity index (χ0n) is 16.7. The van der Waals surface area contributed by atoms with Crippen molar-refractivity contribution in [2.24, 2.45) is 0 Å². The molecule has 2 heterocycles. The summed E-state index contributed by atoms with van der Waals surface area (Å²) in [5.74, 6) is -0.687. The largest absolute Gasteiger partial charge is 0.478 e. The van der Waals surface area contributed by atoms with Gasteiger partial charge in [-0.3, -0.25) is 9.59 Å². The van der Waals surface area contributed by atoms with Crippen molar-refractivity contribution in [2.75, 3.05) is 6.79 Å². The van der Waals surface area contributed by atoms with Crippen LogP contribution in [0.2, 0.25) is 0 Å². The maximum absolute atomic E-state index is 12.5. The molecule has 0 fully saturated rings. The number of ether oxygens (including phenoxy) is 2. The summed E-state index contributed by atoms with van der Waals surface area (Å²) in [4.78, 5) is 43.6. The molecule has 10 heteroatoms. The standard InChI is InChI=1S/C22H18N4O6/c27-20(23-9-13-1-4-15(5-2-13)22(29)30)16-8-17(26-11-25-16)21(28)24-10-14-3-6-18-19(7-14)32-12-31-18/h1-8,11H,9-10,12H2,(H,23,27)(H,24,28)(H,29,30). The highest BCUT2D eigenvalue weighted by atomic mass is 16.7. The molecule has 1 aliphatic heterocycles. The van der Waals surface area contributed by atoms with Crippen LogP contribution in [0.25, 0.3) is 0 Å².